The van der Waals surface area contributed by atoms with Crippen molar-refractivity contribution in [2.24, 2.45) is 12.0 Å². The van der Waals surface area contributed by atoms with E-state index in [1.165, 1.54) is 31.0 Å². The topological polar surface area (TPSA) is 54.7 Å². The van der Waals surface area contributed by atoms with Crippen LogP contribution in [-0.2, 0) is 17.1 Å². The Hall–Kier alpha value is -1.45. The molecule has 0 aliphatic rings. The monoisotopic (exact) mass is 515 g/mol. The second-order valence-corrected chi connectivity index (χ2v) is 10.2. The first-order chi connectivity index (χ1) is 13.1. The van der Waals surface area contributed by atoms with Crippen LogP contribution in [0.2, 0.25) is 5.02 Å². The average molecular weight is 517 g/mol. The number of sulfonamides is 1. The van der Waals surface area contributed by atoms with Crippen molar-refractivity contribution >= 4 is 55.6 Å². The average Bonchev–Trinajstić information content (AvgIpc) is 2.98. The summed E-state index contributed by atoms with van der Waals surface area (Å²) < 4.78 is 28.2. The van der Waals surface area contributed by atoms with Crippen LogP contribution in [0.1, 0.15) is 11.1 Å². The summed E-state index contributed by atoms with van der Waals surface area (Å²) in [5.74, 6) is 0. The number of hydrogen-bond acceptors (Lipinski definition) is 4. The molecule has 1 aromatic heterocycles. The van der Waals surface area contributed by atoms with Gasteiger partial charge >= 0.3 is 0 Å². The minimum atomic E-state index is -3.63. The lowest BCUT2D eigenvalue weighted by atomic mass is 10.1. The third-order valence-corrected chi connectivity index (χ3v) is 7.69. The second kappa shape index (κ2) is 9.14. The van der Waals surface area contributed by atoms with Crippen LogP contribution in [0.4, 0.5) is 5.69 Å². The first-order valence-electron chi connectivity index (χ1n) is 8.60. The van der Waals surface area contributed by atoms with Gasteiger partial charge in [-0.05, 0) is 37.6 Å². The lowest BCUT2D eigenvalue weighted by Crippen LogP contribution is -2.22. The molecule has 0 saturated carbocycles. The van der Waals surface area contributed by atoms with Gasteiger partial charge in [-0.2, -0.15) is 0 Å². The van der Waals surface area contributed by atoms with Gasteiger partial charge in [-0.3, -0.25) is 0 Å². The number of rotatable bonds is 4. The van der Waals surface area contributed by atoms with Crippen molar-refractivity contribution in [3.63, 3.8) is 0 Å². The van der Waals surface area contributed by atoms with Crippen LogP contribution in [0.25, 0.3) is 11.3 Å². The summed E-state index contributed by atoms with van der Waals surface area (Å²) in [5, 5.41) is 2.17. The first-order valence-corrected chi connectivity index (χ1v) is 11.3. The lowest BCUT2D eigenvalue weighted by Gasteiger charge is -2.14. The predicted octanol–water partition coefficient (Wildman–Crippen LogP) is 5.08. The van der Waals surface area contributed by atoms with E-state index >= 15 is 0 Å². The molecule has 0 radical (unpaired) electrons. The zero-order chi connectivity index (χ0) is 20.6. The highest BCUT2D eigenvalue weighted by Gasteiger charge is 2.22. The van der Waals surface area contributed by atoms with Crippen molar-refractivity contribution in [1.29, 1.82) is 0 Å². The predicted molar refractivity (Wildman–Crippen MR) is 126 cm³/mol. The van der Waals surface area contributed by atoms with Crippen LogP contribution in [0.15, 0.2) is 51.7 Å². The molecule has 3 aromatic rings. The summed E-state index contributed by atoms with van der Waals surface area (Å²) in [6, 6.07) is 11.2. The molecule has 0 unspecified atom stereocenters. The summed E-state index contributed by atoms with van der Waals surface area (Å²) in [4.78, 5) is 5.69. The van der Waals surface area contributed by atoms with Gasteiger partial charge in [0, 0.05) is 32.1 Å². The number of nitrogens with zero attached hydrogens (tertiary/aromatic N) is 3. The normalized spacial score (nSPS) is 12.3. The SMILES string of the molecule is Br.Cc1ccc(/N=c2/scc(-c3ccc(Cl)c(S(=O)(=O)N(C)C)c3)n2C)c(C)c1. The van der Waals surface area contributed by atoms with E-state index in [0.717, 1.165) is 31.6 Å². The maximum Gasteiger partial charge on any atom is 0.244 e. The van der Waals surface area contributed by atoms with E-state index in [1.54, 1.807) is 12.1 Å². The third kappa shape index (κ3) is 4.83. The molecule has 156 valence electrons. The standard InChI is InChI=1S/C20H22ClN3O2S2.BrH/c1-13-6-9-17(14(2)10-13)22-20-24(5)18(12-27-20)15-7-8-16(21)19(11-15)28(25,26)23(3)4;/h6-12H,1-5H3;1H/b22-20+;. The molecule has 0 aliphatic heterocycles. The van der Waals surface area contributed by atoms with Crippen LogP contribution >= 0.6 is 39.9 Å². The molecular weight excluding hydrogens is 494 g/mol. The fraction of sp³-hybridized carbons (Fsp3) is 0.250. The highest BCUT2D eigenvalue weighted by Crippen LogP contribution is 2.30. The van der Waals surface area contributed by atoms with Gasteiger partial charge in [0.15, 0.2) is 4.80 Å². The Bertz CT molecular complexity index is 1210. The molecule has 5 nitrogen and oxygen atoms in total. The van der Waals surface area contributed by atoms with Gasteiger partial charge < -0.3 is 4.57 Å². The van der Waals surface area contributed by atoms with E-state index in [0.29, 0.717) is 0 Å². The molecule has 3 rings (SSSR count). The largest absolute Gasteiger partial charge is 0.320 e. The molecule has 0 spiro atoms. The summed E-state index contributed by atoms with van der Waals surface area (Å²) in [5.41, 5.74) is 4.87. The Morgan fingerprint density at radius 3 is 2.41 bits per heavy atom. The summed E-state index contributed by atoms with van der Waals surface area (Å²) >= 11 is 7.67. The molecule has 0 atom stereocenters. The van der Waals surface area contributed by atoms with Crippen LogP contribution in [0.3, 0.4) is 0 Å². The minimum Gasteiger partial charge on any atom is -0.320 e. The second-order valence-electron chi connectivity index (χ2n) is 6.80. The van der Waals surface area contributed by atoms with Crippen LogP contribution < -0.4 is 4.80 Å². The van der Waals surface area contributed by atoms with Gasteiger partial charge in [0.25, 0.3) is 0 Å². The Labute approximate surface area is 191 Å². The number of benzene rings is 2. The van der Waals surface area contributed by atoms with E-state index in [-0.39, 0.29) is 26.9 Å². The van der Waals surface area contributed by atoms with Gasteiger partial charge in [-0.1, -0.05) is 35.4 Å². The van der Waals surface area contributed by atoms with Gasteiger partial charge in [-0.15, -0.1) is 28.3 Å². The Morgan fingerprint density at radius 2 is 1.79 bits per heavy atom. The highest BCUT2D eigenvalue weighted by molar-refractivity contribution is 8.93. The zero-order valence-electron chi connectivity index (χ0n) is 16.8. The maximum atomic E-state index is 12.6. The van der Waals surface area contributed by atoms with Crippen molar-refractivity contribution in [2.45, 2.75) is 18.7 Å². The fourth-order valence-electron chi connectivity index (χ4n) is 2.82. The van der Waals surface area contributed by atoms with E-state index in [2.05, 4.69) is 13.0 Å². The molecule has 2 aromatic carbocycles. The van der Waals surface area contributed by atoms with Gasteiger partial charge in [0.2, 0.25) is 10.0 Å². The van der Waals surface area contributed by atoms with Crippen molar-refractivity contribution < 1.29 is 8.42 Å². The molecule has 29 heavy (non-hydrogen) atoms. The van der Waals surface area contributed by atoms with Crippen molar-refractivity contribution in [1.82, 2.24) is 8.87 Å². The maximum absolute atomic E-state index is 12.6. The molecule has 9 heteroatoms. The fourth-order valence-corrected chi connectivity index (χ4v) is 5.14. The number of thiazole rings is 1. The van der Waals surface area contributed by atoms with Crippen molar-refractivity contribution in [3.8, 4) is 11.3 Å². The summed E-state index contributed by atoms with van der Waals surface area (Å²) in [7, 11) is 1.27. The zero-order valence-corrected chi connectivity index (χ0v) is 20.9. The molecule has 1 heterocycles. The summed E-state index contributed by atoms with van der Waals surface area (Å²) in [6.07, 6.45) is 0. The van der Waals surface area contributed by atoms with E-state index in [1.807, 2.05) is 42.1 Å². The molecule has 0 fully saturated rings. The Balaban J connectivity index is 0.00000300. The Morgan fingerprint density at radius 1 is 1.10 bits per heavy atom. The molecule has 0 bridgehead atoms. The number of aromatic nitrogens is 1. The van der Waals surface area contributed by atoms with Gasteiger partial charge in [0.1, 0.15) is 4.90 Å². The number of hydrogen-bond donors (Lipinski definition) is 0. The van der Waals surface area contributed by atoms with Crippen LogP contribution in [-0.4, -0.2) is 31.4 Å². The molecule has 0 amide bonds. The third-order valence-electron chi connectivity index (χ3n) is 4.48. The molecule has 0 N–H and O–H groups in total. The van der Waals surface area contributed by atoms with Crippen molar-refractivity contribution in [2.75, 3.05) is 14.1 Å². The molecule has 0 saturated heterocycles. The number of aryl methyl sites for hydroxylation is 2. The Kier molecular flexibility index (Phi) is 7.51. The highest BCUT2D eigenvalue weighted by atomic mass is 79.9. The quantitative estimate of drug-likeness (QED) is 0.485. The van der Waals surface area contributed by atoms with Gasteiger partial charge in [0.05, 0.1) is 16.4 Å². The van der Waals surface area contributed by atoms with Crippen molar-refractivity contribution in [3.05, 3.63) is 62.7 Å². The summed E-state index contributed by atoms with van der Waals surface area (Å²) in [6.45, 7) is 4.10. The first kappa shape index (κ1) is 23.8. The molecular formula is C20H23BrClN3O2S2. The smallest absolute Gasteiger partial charge is 0.244 e. The lowest BCUT2D eigenvalue weighted by molar-refractivity contribution is 0.521. The van der Waals surface area contributed by atoms with Crippen LogP contribution in [0, 0.1) is 13.8 Å². The van der Waals surface area contributed by atoms with E-state index in [9.17, 15) is 8.42 Å². The molecule has 0 aliphatic carbocycles. The number of halogens is 2. The van der Waals surface area contributed by atoms with E-state index < -0.39 is 10.0 Å². The van der Waals surface area contributed by atoms with Gasteiger partial charge in [-0.25, -0.2) is 17.7 Å². The van der Waals surface area contributed by atoms with Crippen LogP contribution in [0.5, 0.6) is 0 Å². The minimum absolute atomic E-state index is 0. The van der Waals surface area contributed by atoms with E-state index in [4.69, 9.17) is 16.6 Å².